The Morgan fingerprint density at radius 3 is 2.35 bits per heavy atom. The predicted molar refractivity (Wildman–Crippen MR) is 74.4 cm³/mol. The summed E-state index contributed by atoms with van der Waals surface area (Å²) in [6, 6.07) is 11.8. The molecule has 2 aromatic carbocycles. The van der Waals surface area contributed by atoms with Gasteiger partial charge in [0.25, 0.3) is 5.91 Å². The van der Waals surface area contributed by atoms with E-state index in [1.165, 1.54) is 6.07 Å². The highest BCUT2D eigenvalue weighted by atomic mass is 32.2. The Kier molecular flexibility index (Phi) is 2.84. The third-order valence-electron chi connectivity index (χ3n) is 3.33. The van der Waals surface area contributed by atoms with Gasteiger partial charge in [-0.1, -0.05) is 30.3 Å². The van der Waals surface area contributed by atoms with Gasteiger partial charge in [0.05, 0.1) is 4.90 Å². The Bertz CT molecular complexity index is 813. The second kappa shape index (κ2) is 4.43. The van der Waals surface area contributed by atoms with Crippen LogP contribution in [0.25, 0.3) is 11.1 Å². The minimum Gasteiger partial charge on any atom is -0.348 e. The van der Waals surface area contributed by atoms with E-state index in [1.807, 2.05) is 0 Å². The van der Waals surface area contributed by atoms with E-state index in [0.29, 0.717) is 23.2 Å². The number of rotatable bonds is 2. The van der Waals surface area contributed by atoms with Crippen LogP contribution in [0.2, 0.25) is 0 Å². The lowest BCUT2D eigenvalue weighted by Gasteiger charge is -2.11. The first-order chi connectivity index (χ1) is 9.48. The maximum Gasteiger partial charge on any atom is 0.251 e. The molecule has 0 aromatic heterocycles. The standard InChI is InChI=1S/C14H12N2O3S/c15-20(18,19)13-7-2-1-4-10(13)9-5-3-6-11-12(9)8-16-14(11)17/h1-7H,8H2,(H,16,17)(H2,15,18,19). The number of hydrogen-bond acceptors (Lipinski definition) is 3. The van der Waals surface area contributed by atoms with E-state index in [0.717, 1.165) is 5.56 Å². The number of fused-ring (bicyclic) bond motifs is 1. The van der Waals surface area contributed by atoms with Crippen molar-refractivity contribution in [3.63, 3.8) is 0 Å². The predicted octanol–water partition coefficient (Wildman–Crippen LogP) is 1.24. The van der Waals surface area contributed by atoms with Gasteiger partial charge >= 0.3 is 0 Å². The molecule has 5 nitrogen and oxygen atoms in total. The van der Waals surface area contributed by atoms with Crippen LogP contribution in [-0.2, 0) is 16.6 Å². The van der Waals surface area contributed by atoms with Crippen molar-refractivity contribution in [2.45, 2.75) is 11.4 Å². The van der Waals surface area contributed by atoms with Crippen LogP contribution in [0.3, 0.4) is 0 Å². The molecule has 0 fully saturated rings. The van der Waals surface area contributed by atoms with Gasteiger partial charge in [0.15, 0.2) is 0 Å². The molecule has 0 unspecified atom stereocenters. The van der Waals surface area contributed by atoms with Gasteiger partial charge in [0.2, 0.25) is 10.0 Å². The number of amides is 1. The zero-order chi connectivity index (χ0) is 14.3. The summed E-state index contributed by atoms with van der Waals surface area (Å²) in [7, 11) is -3.82. The fraction of sp³-hybridized carbons (Fsp3) is 0.0714. The van der Waals surface area contributed by atoms with Crippen molar-refractivity contribution in [2.24, 2.45) is 5.14 Å². The van der Waals surface area contributed by atoms with Crippen LogP contribution in [0.15, 0.2) is 47.4 Å². The van der Waals surface area contributed by atoms with Gasteiger partial charge in [0.1, 0.15) is 0 Å². The van der Waals surface area contributed by atoms with Crippen LogP contribution in [-0.4, -0.2) is 14.3 Å². The fourth-order valence-electron chi connectivity index (χ4n) is 2.44. The van der Waals surface area contributed by atoms with E-state index in [-0.39, 0.29) is 10.8 Å². The third kappa shape index (κ3) is 1.99. The Balaban J connectivity index is 2.29. The van der Waals surface area contributed by atoms with Crippen molar-refractivity contribution in [3.05, 3.63) is 53.6 Å². The van der Waals surface area contributed by atoms with E-state index in [4.69, 9.17) is 5.14 Å². The van der Waals surface area contributed by atoms with Crippen molar-refractivity contribution >= 4 is 15.9 Å². The first-order valence-corrected chi connectivity index (χ1v) is 7.55. The second-order valence-electron chi connectivity index (χ2n) is 4.56. The first kappa shape index (κ1) is 12.8. The SMILES string of the molecule is NS(=O)(=O)c1ccccc1-c1cccc2c1CNC2=O. The molecular weight excluding hydrogens is 276 g/mol. The molecule has 0 atom stereocenters. The van der Waals surface area contributed by atoms with Crippen LogP contribution in [0, 0.1) is 0 Å². The number of carbonyl (C=O) groups excluding carboxylic acids is 1. The van der Waals surface area contributed by atoms with Gasteiger partial charge in [-0.05, 0) is 23.3 Å². The monoisotopic (exact) mass is 288 g/mol. The number of primary sulfonamides is 1. The highest BCUT2D eigenvalue weighted by Crippen LogP contribution is 2.32. The zero-order valence-electron chi connectivity index (χ0n) is 10.5. The summed E-state index contributed by atoms with van der Waals surface area (Å²) in [6.45, 7) is 0.392. The number of benzene rings is 2. The van der Waals surface area contributed by atoms with Crippen molar-refractivity contribution in [2.75, 3.05) is 0 Å². The zero-order valence-corrected chi connectivity index (χ0v) is 11.3. The lowest BCUT2D eigenvalue weighted by Crippen LogP contribution is -2.13. The molecule has 102 valence electrons. The summed E-state index contributed by atoms with van der Waals surface area (Å²) >= 11 is 0. The van der Waals surface area contributed by atoms with Crippen molar-refractivity contribution in [1.29, 1.82) is 0 Å². The Morgan fingerprint density at radius 2 is 1.60 bits per heavy atom. The second-order valence-corrected chi connectivity index (χ2v) is 6.09. The largest absolute Gasteiger partial charge is 0.348 e. The highest BCUT2D eigenvalue weighted by molar-refractivity contribution is 7.89. The van der Waals surface area contributed by atoms with Gasteiger partial charge in [-0.15, -0.1) is 0 Å². The number of hydrogen-bond donors (Lipinski definition) is 2. The lowest BCUT2D eigenvalue weighted by atomic mass is 9.97. The molecule has 0 saturated carbocycles. The first-order valence-electron chi connectivity index (χ1n) is 6.01. The summed E-state index contributed by atoms with van der Waals surface area (Å²) in [5.74, 6) is -0.144. The third-order valence-corrected chi connectivity index (χ3v) is 4.30. The molecule has 1 heterocycles. The molecule has 2 aromatic rings. The minimum atomic E-state index is -3.82. The summed E-state index contributed by atoms with van der Waals surface area (Å²) in [5, 5.41) is 7.99. The fourth-order valence-corrected chi connectivity index (χ4v) is 3.20. The average molecular weight is 288 g/mol. The molecule has 0 radical (unpaired) electrons. The Hall–Kier alpha value is -2.18. The van der Waals surface area contributed by atoms with Gasteiger partial charge in [-0.3, -0.25) is 4.79 Å². The summed E-state index contributed by atoms with van der Waals surface area (Å²) in [4.78, 5) is 11.7. The number of nitrogens with one attached hydrogen (secondary N) is 1. The molecular formula is C14H12N2O3S. The smallest absolute Gasteiger partial charge is 0.251 e. The maximum absolute atomic E-state index is 11.7. The van der Waals surface area contributed by atoms with Gasteiger partial charge in [0, 0.05) is 17.7 Å². The summed E-state index contributed by atoms with van der Waals surface area (Å²) < 4.78 is 23.4. The normalized spacial score (nSPS) is 13.9. The lowest BCUT2D eigenvalue weighted by molar-refractivity contribution is 0.0965. The molecule has 0 aliphatic carbocycles. The minimum absolute atomic E-state index is 0.0627. The van der Waals surface area contributed by atoms with E-state index in [9.17, 15) is 13.2 Å². The molecule has 0 saturated heterocycles. The van der Waals surface area contributed by atoms with Gasteiger partial charge in [-0.25, -0.2) is 13.6 Å². The van der Waals surface area contributed by atoms with E-state index < -0.39 is 10.0 Å². The van der Waals surface area contributed by atoms with Crippen LogP contribution in [0.5, 0.6) is 0 Å². The topological polar surface area (TPSA) is 89.3 Å². The van der Waals surface area contributed by atoms with Gasteiger partial charge < -0.3 is 5.32 Å². The molecule has 20 heavy (non-hydrogen) atoms. The molecule has 1 aliphatic heterocycles. The van der Waals surface area contributed by atoms with E-state index in [2.05, 4.69) is 5.32 Å². The van der Waals surface area contributed by atoms with E-state index >= 15 is 0 Å². The number of carbonyl (C=O) groups is 1. The summed E-state index contributed by atoms with van der Waals surface area (Å²) in [5.41, 5.74) is 2.61. The number of sulfonamides is 1. The quantitative estimate of drug-likeness (QED) is 0.871. The highest BCUT2D eigenvalue weighted by Gasteiger charge is 2.24. The molecule has 6 heteroatoms. The van der Waals surface area contributed by atoms with E-state index in [1.54, 1.807) is 36.4 Å². The van der Waals surface area contributed by atoms with Crippen LogP contribution < -0.4 is 10.5 Å². The summed E-state index contributed by atoms with van der Waals surface area (Å²) in [6.07, 6.45) is 0. The van der Waals surface area contributed by atoms with Gasteiger partial charge in [-0.2, -0.15) is 0 Å². The van der Waals surface area contributed by atoms with Crippen LogP contribution in [0.4, 0.5) is 0 Å². The Labute approximate surface area is 116 Å². The Morgan fingerprint density at radius 1 is 0.950 bits per heavy atom. The molecule has 0 spiro atoms. The molecule has 1 amide bonds. The average Bonchev–Trinajstić information content (AvgIpc) is 2.80. The maximum atomic E-state index is 11.7. The molecule has 3 N–H and O–H groups in total. The number of nitrogens with two attached hydrogens (primary N) is 1. The molecule has 1 aliphatic rings. The van der Waals surface area contributed by atoms with Crippen molar-refractivity contribution in [1.82, 2.24) is 5.32 Å². The van der Waals surface area contributed by atoms with Crippen LogP contribution in [0.1, 0.15) is 15.9 Å². The van der Waals surface area contributed by atoms with Crippen molar-refractivity contribution < 1.29 is 13.2 Å². The molecule has 3 rings (SSSR count). The molecule has 0 bridgehead atoms. The van der Waals surface area contributed by atoms with Crippen molar-refractivity contribution in [3.8, 4) is 11.1 Å². The van der Waals surface area contributed by atoms with Crippen LogP contribution >= 0.6 is 0 Å².